The van der Waals surface area contributed by atoms with E-state index in [0.717, 1.165) is 63.6 Å². The molecule has 0 atom stereocenters. The highest BCUT2D eigenvalue weighted by atomic mass is 16.1. The highest BCUT2D eigenvalue weighted by Crippen LogP contribution is 2.22. The van der Waals surface area contributed by atoms with Crippen molar-refractivity contribution < 1.29 is 4.79 Å². The molecule has 1 saturated heterocycles. The summed E-state index contributed by atoms with van der Waals surface area (Å²) in [6, 6.07) is 20.4. The summed E-state index contributed by atoms with van der Waals surface area (Å²) in [6.45, 7) is 24.2. The predicted molar refractivity (Wildman–Crippen MR) is 187 cm³/mol. The van der Waals surface area contributed by atoms with Gasteiger partial charge in [-0.05, 0) is 83.7 Å². The van der Waals surface area contributed by atoms with E-state index in [2.05, 4.69) is 124 Å². The number of benzene rings is 2. The molecule has 4 rings (SSSR count). The van der Waals surface area contributed by atoms with Crippen LogP contribution in [0.1, 0.15) is 82.4 Å². The van der Waals surface area contributed by atoms with Gasteiger partial charge in [-0.25, -0.2) is 4.98 Å². The number of carbonyl (C=O) groups excluding carboxylic acids is 1. The zero-order chi connectivity index (χ0) is 32.3. The van der Waals surface area contributed by atoms with E-state index in [4.69, 9.17) is 0 Å². The summed E-state index contributed by atoms with van der Waals surface area (Å²) in [5.74, 6) is 1.57. The second-order valence-electron chi connectivity index (χ2n) is 15.2. The molecular formula is C38H57N5O. The maximum Gasteiger partial charge on any atom is 0.255 e. The quantitative estimate of drug-likeness (QED) is 0.261. The third-order valence-electron chi connectivity index (χ3n) is 7.42. The molecule has 0 saturated carbocycles. The molecular weight excluding hydrogens is 542 g/mol. The van der Waals surface area contributed by atoms with Gasteiger partial charge < -0.3 is 15.5 Å². The fourth-order valence-electron chi connectivity index (χ4n) is 5.10. The summed E-state index contributed by atoms with van der Waals surface area (Å²) >= 11 is 0. The number of piperazine rings is 1. The fraction of sp³-hybridized carbons (Fsp3) is 0.526. The molecule has 0 spiro atoms. The average Bonchev–Trinajstić information content (AvgIpc) is 2.94. The summed E-state index contributed by atoms with van der Waals surface area (Å²) in [7, 11) is 2.17. The Kier molecular flexibility index (Phi) is 13.0. The Bertz CT molecular complexity index is 1260. The number of hydrogen-bond donors (Lipinski definition) is 2. The molecule has 6 heteroatoms. The first-order chi connectivity index (χ1) is 20.6. The summed E-state index contributed by atoms with van der Waals surface area (Å²) in [5.41, 5.74) is 5.98. The van der Waals surface area contributed by atoms with Crippen LogP contribution in [0.4, 0.5) is 11.5 Å². The maximum atomic E-state index is 12.5. The number of likely N-dealkylation sites (N-methyl/N-ethyl adjacent to an activating group) is 1. The van der Waals surface area contributed by atoms with Crippen molar-refractivity contribution >= 4 is 17.4 Å². The molecule has 2 heterocycles. The van der Waals surface area contributed by atoms with Crippen LogP contribution < -0.4 is 10.6 Å². The summed E-state index contributed by atoms with van der Waals surface area (Å²) < 4.78 is 0. The Morgan fingerprint density at radius 3 is 1.84 bits per heavy atom. The minimum absolute atomic E-state index is 0.0604. The molecule has 1 aromatic heterocycles. The van der Waals surface area contributed by atoms with E-state index in [1.807, 2.05) is 30.5 Å². The number of nitrogens with zero attached hydrogens (tertiary/aromatic N) is 3. The van der Waals surface area contributed by atoms with Crippen molar-refractivity contribution in [2.75, 3.05) is 50.4 Å². The zero-order valence-electron chi connectivity index (χ0n) is 28.8. The fourth-order valence-corrected chi connectivity index (χ4v) is 5.10. The number of amides is 1. The topological polar surface area (TPSA) is 60.5 Å². The van der Waals surface area contributed by atoms with Crippen molar-refractivity contribution in [3.05, 3.63) is 89.1 Å². The van der Waals surface area contributed by atoms with Gasteiger partial charge in [0, 0.05) is 56.7 Å². The molecule has 3 aromatic rings. The largest absolute Gasteiger partial charge is 0.370 e. The van der Waals surface area contributed by atoms with Crippen LogP contribution in [0.2, 0.25) is 0 Å². The molecule has 6 nitrogen and oxygen atoms in total. The summed E-state index contributed by atoms with van der Waals surface area (Å²) in [5, 5.41) is 6.32. The van der Waals surface area contributed by atoms with Crippen molar-refractivity contribution in [3.8, 4) is 0 Å². The van der Waals surface area contributed by atoms with Crippen LogP contribution in [0.3, 0.4) is 0 Å². The van der Waals surface area contributed by atoms with E-state index in [9.17, 15) is 4.79 Å². The molecule has 2 aromatic carbocycles. The van der Waals surface area contributed by atoms with Crippen LogP contribution in [0, 0.1) is 16.7 Å². The van der Waals surface area contributed by atoms with Crippen LogP contribution >= 0.6 is 0 Å². The molecule has 0 unspecified atom stereocenters. The lowest BCUT2D eigenvalue weighted by atomic mass is 9.88. The van der Waals surface area contributed by atoms with E-state index < -0.39 is 0 Å². The molecule has 0 aliphatic carbocycles. The number of pyridine rings is 1. The first kappa shape index (κ1) is 35.3. The average molecular weight is 600 g/mol. The smallest absolute Gasteiger partial charge is 0.255 e. The third kappa shape index (κ3) is 13.6. The van der Waals surface area contributed by atoms with Gasteiger partial charge in [0.25, 0.3) is 5.91 Å². The van der Waals surface area contributed by atoms with Crippen LogP contribution in [0.15, 0.2) is 66.9 Å². The van der Waals surface area contributed by atoms with Crippen LogP contribution in [0.5, 0.6) is 0 Å². The molecule has 0 bridgehead atoms. The number of hydrogen-bond acceptors (Lipinski definition) is 5. The van der Waals surface area contributed by atoms with Gasteiger partial charge in [-0.1, -0.05) is 85.7 Å². The number of aromatic nitrogens is 1. The van der Waals surface area contributed by atoms with Crippen LogP contribution in [-0.2, 0) is 19.4 Å². The molecule has 1 fully saturated rings. The molecule has 240 valence electrons. The molecule has 1 aliphatic heterocycles. The minimum atomic E-state index is -0.0604. The van der Waals surface area contributed by atoms with E-state index >= 15 is 0 Å². The van der Waals surface area contributed by atoms with Gasteiger partial charge in [0.1, 0.15) is 5.82 Å². The monoisotopic (exact) mass is 599 g/mol. The maximum absolute atomic E-state index is 12.5. The number of rotatable bonds is 9. The molecule has 1 aliphatic rings. The van der Waals surface area contributed by atoms with Gasteiger partial charge in [-0.2, -0.15) is 0 Å². The minimum Gasteiger partial charge on any atom is -0.370 e. The van der Waals surface area contributed by atoms with Crippen molar-refractivity contribution in [2.45, 2.75) is 74.8 Å². The van der Waals surface area contributed by atoms with Crippen LogP contribution in [-0.4, -0.2) is 60.5 Å². The highest BCUT2D eigenvalue weighted by molar-refractivity contribution is 6.04. The van der Waals surface area contributed by atoms with Crippen molar-refractivity contribution in [1.29, 1.82) is 0 Å². The second-order valence-corrected chi connectivity index (χ2v) is 15.2. The van der Waals surface area contributed by atoms with Crippen molar-refractivity contribution in [1.82, 2.24) is 14.8 Å². The SMILES string of the molecule is CC(C)CNc1ccc(CC(C)(C)C)cn1.CN1CCN(Cc2ccc(C(=O)Nc3ccc(CC(C)(C)C)cc3)cc2)CC1. The third-order valence-corrected chi connectivity index (χ3v) is 7.42. The Labute approximate surface area is 267 Å². The number of nitrogens with one attached hydrogen (secondary N) is 2. The first-order valence-corrected chi connectivity index (χ1v) is 16.2. The normalized spacial score (nSPS) is 14.6. The Morgan fingerprint density at radius 1 is 0.773 bits per heavy atom. The standard InChI is InChI=1S/C24H33N3O.C14H24N2/c1-24(2,3)17-19-7-11-22(12-8-19)25-23(28)21-9-5-20(6-10-21)18-27-15-13-26(4)14-16-27;1-11(2)9-15-13-7-6-12(10-16-13)8-14(3,4)5/h5-12H,13-18H2,1-4H3,(H,25,28);6-7,10-11H,8-9H2,1-5H3,(H,15,16). The molecule has 1 amide bonds. The Hall–Kier alpha value is -3.22. The highest BCUT2D eigenvalue weighted by Gasteiger charge is 2.15. The molecule has 2 N–H and O–H groups in total. The Morgan fingerprint density at radius 2 is 1.32 bits per heavy atom. The lowest BCUT2D eigenvalue weighted by Crippen LogP contribution is -2.43. The van der Waals surface area contributed by atoms with Gasteiger partial charge >= 0.3 is 0 Å². The summed E-state index contributed by atoms with van der Waals surface area (Å²) in [6.07, 6.45) is 4.08. The summed E-state index contributed by atoms with van der Waals surface area (Å²) in [4.78, 5) is 21.8. The van der Waals surface area contributed by atoms with E-state index in [1.54, 1.807) is 0 Å². The van der Waals surface area contributed by atoms with Crippen LogP contribution in [0.25, 0.3) is 0 Å². The number of carbonyl (C=O) groups is 1. The van der Waals surface area contributed by atoms with Gasteiger partial charge in [-0.15, -0.1) is 0 Å². The first-order valence-electron chi connectivity index (χ1n) is 16.2. The van der Waals surface area contributed by atoms with Gasteiger partial charge in [0.05, 0.1) is 0 Å². The van der Waals surface area contributed by atoms with E-state index in [1.165, 1.54) is 16.7 Å². The van der Waals surface area contributed by atoms with Gasteiger partial charge in [0.2, 0.25) is 0 Å². The molecule has 0 radical (unpaired) electrons. The van der Waals surface area contributed by atoms with Gasteiger partial charge in [0.15, 0.2) is 0 Å². The second kappa shape index (κ2) is 16.2. The number of anilines is 2. The van der Waals surface area contributed by atoms with Gasteiger partial charge in [-0.3, -0.25) is 9.69 Å². The Balaban J connectivity index is 0.000000281. The van der Waals surface area contributed by atoms with E-state index in [0.29, 0.717) is 16.9 Å². The predicted octanol–water partition coefficient (Wildman–Crippen LogP) is 8.01. The van der Waals surface area contributed by atoms with Crippen molar-refractivity contribution in [3.63, 3.8) is 0 Å². The van der Waals surface area contributed by atoms with E-state index in [-0.39, 0.29) is 11.3 Å². The van der Waals surface area contributed by atoms with Crippen molar-refractivity contribution in [2.24, 2.45) is 16.7 Å². The zero-order valence-corrected chi connectivity index (χ0v) is 28.8. The lowest BCUT2D eigenvalue weighted by Gasteiger charge is -2.32. The molecule has 44 heavy (non-hydrogen) atoms. The lowest BCUT2D eigenvalue weighted by molar-refractivity contribution is 0.102.